The van der Waals surface area contributed by atoms with E-state index in [4.69, 9.17) is 21.1 Å². The molecule has 0 saturated heterocycles. The summed E-state index contributed by atoms with van der Waals surface area (Å²) in [5.41, 5.74) is 0.360. The second kappa shape index (κ2) is 7.27. The van der Waals surface area contributed by atoms with E-state index in [0.29, 0.717) is 22.9 Å². The summed E-state index contributed by atoms with van der Waals surface area (Å²) in [4.78, 5) is 3.82. The Morgan fingerprint density at radius 3 is 2.31 bits per heavy atom. The highest BCUT2D eigenvalue weighted by atomic mass is 35.5. The predicted molar refractivity (Wildman–Crippen MR) is 98.5 cm³/mol. The third kappa shape index (κ3) is 3.76. The van der Waals surface area contributed by atoms with Crippen LogP contribution in [0, 0.1) is 0 Å². The van der Waals surface area contributed by atoms with Crippen LogP contribution in [-0.2, 0) is 17.1 Å². The molecular weight excluding hydrogens is 378 g/mol. The van der Waals surface area contributed by atoms with E-state index in [1.165, 1.54) is 10.9 Å². The molecule has 0 saturated carbocycles. The highest BCUT2D eigenvalue weighted by Crippen LogP contribution is 2.31. The molecule has 3 aromatic rings. The van der Waals surface area contributed by atoms with Crippen LogP contribution in [0.25, 0.3) is 0 Å². The number of anilines is 1. The summed E-state index contributed by atoms with van der Waals surface area (Å²) in [6.07, 6.45) is 1.33. The number of halogens is 1. The molecule has 26 heavy (non-hydrogen) atoms. The van der Waals surface area contributed by atoms with Gasteiger partial charge in [0.05, 0.1) is 13.4 Å². The number of aryl methyl sites for hydroxylation is 1. The van der Waals surface area contributed by atoms with Crippen LogP contribution < -0.4 is 14.2 Å². The molecule has 1 heterocycles. The van der Waals surface area contributed by atoms with Crippen molar-refractivity contribution in [3.63, 3.8) is 0 Å². The largest absolute Gasteiger partial charge is 0.493 e. The van der Waals surface area contributed by atoms with Crippen molar-refractivity contribution in [1.82, 2.24) is 9.55 Å². The maximum absolute atomic E-state index is 12.4. The highest BCUT2D eigenvalue weighted by Gasteiger charge is 2.22. The number of hydrogen-bond donors (Lipinski definition) is 1. The van der Waals surface area contributed by atoms with Gasteiger partial charge in [-0.2, -0.15) is 8.42 Å². The molecule has 0 bridgehead atoms. The number of rotatable bonds is 6. The summed E-state index contributed by atoms with van der Waals surface area (Å²) in [5, 5.41) is -0.190. The van der Waals surface area contributed by atoms with E-state index in [-0.39, 0.29) is 10.2 Å². The standard InChI is InChI=1S/C17H16ClN3O4S/c1-21-11-19-17(16(21)18)26(22,23)20-12-7-9-13(10-8-12)25-15-6-4-3-5-14(15)24-2/h3-11,20H,1-2H3. The van der Waals surface area contributed by atoms with Gasteiger partial charge in [-0.15, -0.1) is 0 Å². The van der Waals surface area contributed by atoms with E-state index in [9.17, 15) is 8.42 Å². The van der Waals surface area contributed by atoms with Gasteiger partial charge in [-0.3, -0.25) is 4.72 Å². The highest BCUT2D eigenvalue weighted by molar-refractivity contribution is 7.92. The zero-order valence-corrected chi connectivity index (χ0v) is 15.6. The van der Waals surface area contributed by atoms with Gasteiger partial charge in [0, 0.05) is 12.7 Å². The minimum atomic E-state index is -3.88. The maximum atomic E-state index is 12.4. The fourth-order valence-corrected chi connectivity index (χ4v) is 3.69. The number of imidazole rings is 1. The molecule has 1 N–H and O–H groups in total. The Kier molecular flexibility index (Phi) is 5.06. The van der Waals surface area contributed by atoms with Crippen LogP contribution >= 0.6 is 11.6 Å². The van der Waals surface area contributed by atoms with Gasteiger partial charge in [0.1, 0.15) is 10.9 Å². The lowest BCUT2D eigenvalue weighted by molar-refractivity contribution is 0.379. The monoisotopic (exact) mass is 393 g/mol. The molecule has 1 aromatic heterocycles. The molecule has 0 radical (unpaired) electrons. The number of benzene rings is 2. The Bertz CT molecular complexity index is 1020. The first-order chi connectivity index (χ1) is 12.4. The molecule has 3 rings (SSSR count). The predicted octanol–water partition coefficient (Wildman–Crippen LogP) is 3.68. The van der Waals surface area contributed by atoms with Crippen LogP contribution in [0.2, 0.25) is 5.15 Å². The van der Waals surface area contributed by atoms with Crippen molar-refractivity contribution in [3.05, 3.63) is 60.0 Å². The van der Waals surface area contributed by atoms with E-state index >= 15 is 0 Å². The van der Waals surface area contributed by atoms with Crippen LogP contribution in [0.5, 0.6) is 17.2 Å². The van der Waals surface area contributed by atoms with Crippen molar-refractivity contribution in [2.75, 3.05) is 11.8 Å². The van der Waals surface area contributed by atoms with Crippen LogP contribution in [0.1, 0.15) is 0 Å². The zero-order chi connectivity index (χ0) is 18.7. The maximum Gasteiger partial charge on any atom is 0.282 e. The molecule has 0 aliphatic carbocycles. The van der Waals surface area contributed by atoms with Crippen molar-refractivity contribution in [1.29, 1.82) is 0 Å². The Labute approximate surface area is 156 Å². The number of nitrogens with one attached hydrogen (secondary N) is 1. The Hall–Kier alpha value is -2.71. The Balaban J connectivity index is 1.77. The smallest absolute Gasteiger partial charge is 0.282 e. The van der Waals surface area contributed by atoms with Crippen LogP contribution in [-0.4, -0.2) is 25.1 Å². The van der Waals surface area contributed by atoms with Gasteiger partial charge in [0.15, 0.2) is 11.5 Å². The molecule has 0 fully saturated rings. The van der Waals surface area contributed by atoms with Gasteiger partial charge >= 0.3 is 0 Å². The van der Waals surface area contributed by atoms with E-state index in [2.05, 4.69) is 9.71 Å². The summed E-state index contributed by atoms with van der Waals surface area (Å²) in [5.74, 6) is 1.69. The summed E-state index contributed by atoms with van der Waals surface area (Å²) in [6, 6.07) is 13.7. The quantitative estimate of drug-likeness (QED) is 0.690. The minimum Gasteiger partial charge on any atom is -0.493 e. The number of hydrogen-bond acceptors (Lipinski definition) is 5. The van der Waals surface area contributed by atoms with Crippen LogP contribution in [0.15, 0.2) is 59.9 Å². The average molecular weight is 394 g/mol. The fraction of sp³-hybridized carbons (Fsp3) is 0.118. The second-order valence-corrected chi connectivity index (χ2v) is 7.29. The van der Waals surface area contributed by atoms with E-state index in [0.717, 1.165) is 0 Å². The van der Waals surface area contributed by atoms with E-state index < -0.39 is 10.0 Å². The van der Waals surface area contributed by atoms with Crippen molar-refractivity contribution < 1.29 is 17.9 Å². The van der Waals surface area contributed by atoms with Gasteiger partial charge < -0.3 is 14.0 Å². The van der Waals surface area contributed by atoms with E-state index in [1.807, 2.05) is 12.1 Å². The molecule has 2 aromatic carbocycles. The van der Waals surface area contributed by atoms with Gasteiger partial charge in [0.25, 0.3) is 10.0 Å². The van der Waals surface area contributed by atoms with Crippen molar-refractivity contribution in [2.24, 2.45) is 7.05 Å². The molecule has 0 spiro atoms. The first kappa shape index (κ1) is 18.1. The molecule has 9 heteroatoms. The summed E-state index contributed by atoms with van der Waals surface area (Å²) in [6.45, 7) is 0. The topological polar surface area (TPSA) is 82.4 Å². The molecule has 0 unspecified atom stereocenters. The summed E-state index contributed by atoms with van der Waals surface area (Å²) in [7, 11) is -0.712. The van der Waals surface area contributed by atoms with Gasteiger partial charge in [-0.1, -0.05) is 23.7 Å². The lowest BCUT2D eigenvalue weighted by Crippen LogP contribution is -2.14. The SMILES string of the molecule is COc1ccccc1Oc1ccc(NS(=O)(=O)c2ncn(C)c2Cl)cc1. The first-order valence-corrected chi connectivity index (χ1v) is 9.37. The van der Waals surface area contributed by atoms with Gasteiger partial charge in [-0.25, -0.2) is 4.98 Å². The average Bonchev–Trinajstić information content (AvgIpc) is 2.97. The minimum absolute atomic E-state index is 0.0358. The molecule has 0 amide bonds. The first-order valence-electron chi connectivity index (χ1n) is 7.51. The van der Waals surface area contributed by atoms with Crippen molar-refractivity contribution >= 4 is 27.3 Å². The number of para-hydroxylation sites is 2. The molecule has 0 aliphatic rings. The third-order valence-electron chi connectivity index (χ3n) is 3.49. The molecule has 7 nitrogen and oxygen atoms in total. The number of sulfonamides is 1. The zero-order valence-electron chi connectivity index (χ0n) is 14.0. The fourth-order valence-electron chi connectivity index (χ4n) is 2.20. The molecule has 136 valence electrons. The van der Waals surface area contributed by atoms with Gasteiger partial charge in [0.2, 0.25) is 5.03 Å². The number of methoxy groups -OCH3 is 1. The Morgan fingerprint density at radius 1 is 1.08 bits per heavy atom. The lowest BCUT2D eigenvalue weighted by atomic mass is 10.3. The molecular formula is C17H16ClN3O4S. The number of nitrogens with zero attached hydrogens (tertiary/aromatic N) is 2. The Morgan fingerprint density at radius 2 is 1.73 bits per heavy atom. The number of aromatic nitrogens is 2. The summed E-state index contributed by atoms with van der Waals surface area (Å²) >= 11 is 5.95. The normalized spacial score (nSPS) is 11.2. The van der Waals surface area contributed by atoms with Crippen LogP contribution in [0.3, 0.4) is 0 Å². The number of ether oxygens (including phenoxy) is 2. The molecule has 0 aliphatic heterocycles. The third-order valence-corrected chi connectivity index (χ3v) is 5.36. The molecule has 0 atom stereocenters. The van der Waals surface area contributed by atoms with Crippen molar-refractivity contribution in [2.45, 2.75) is 5.03 Å². The van der Waals surface area contributed by atoms with Gasteiger partial charge in [-0.05, 0) is 36.4 Å². The second-order valence-electron chi connectivity index (χ2n) is 5.33. The summed E-state index contributed by atoms with van der Waals surface area (Å²) < 4.78 is 39.6. The van der Waals surface area contributed by atoms with Crippen molar-refractivity contribution in [3.8, 4) is 17.2 Å². The van der Waals surface area contributed by atoms with Crippen LogP contribution in [0.4, 0.5) is 5.69 Å². The lowest BCUT2D eigenvalue weighted by Gasteiger charge is -2.11. The van der Waals surface area contributed by atoms with E-state index in [1.54, 1.807) is 50.6 Å².